The fourth-order valence-electron chi connectivity index (χ4n) is 3.77. The molecule has 0 bridgehead atoms. The molecule has 0 spiro atoms. The Bertz CT molecular complexity index is 1090. The standard InChI is InChI=1S/C22H25N3O3S2/c1-28-17-9-5-6-15(12-17)13-25-21(27)20-18(10-11-29-20)24-22(25)30-14-19(26)23-16-7-3-2-4-8-16/h5-6,9-12,16H,2-4,7-8,13-14H2,1H3,(H,23,26). The predicted molar refractivity (Wildman–Crippen MR) is 122 cm³/mol. The highest BCUT2D eigenvalue weighted by Crippen LogP contribution is 2.23. The van der Waals surface area contributed by atoms with Gasteiger partial charge in [-0.2, -0.15) is 0 Å². The number of ether oxygens (including phenoxy) is 1. The zero-order valence-corrected chi connectivity index (χ0v) is 18.6. The van der Waals surface area contributed by atoms with Crippen molar-refractivity contribution in [2.75, 3.05) is 12.9 Å². The Morgan fingerprint density at radius 1 is 1.30 bits per heavy atom. The number of rotatable bonds is 7. The van der Waals surface area contributed by atoms with Crippen LogP contribution in [0.4, 0.5) is 0 Å². The lowest BCUT2D eigenvalue weighted by molar-refractivity contribution is -0.119. The van der Waals surface area contributed by atoms with Crippen LogP contribution in [0.1, 0.15) is 37.7 Å². The van der Waals surface area contributed by atoms with Crippen molar-refractivity contribution in [3.05, 3.63) is 51.6 Å². The smallest absolute Gasteiger partial charge is 0.272 e. The molecule has 2 heterocycles. The van der Waals surface area contributed by atoms with Crippen LogP contribution in [0.3, 0.4) is 0 Å². The molecule has 0 saturated heterocycles. The summed E-state index contributed by atoms with van der Waals surface area (Å²) in [5.74, 6) is 0.989. The molecule has 0 unspecified atom stereocenters. The summed E-state index contributed by atoms with van der Waals surface area (Å²) in [6.45, 7) is 0.378. The van der Waals surface area contributed by atoms with Gasteiger partial charge in [-0.25, -0.2) is 4.98 Å². The number of carbonyl (C=O) groups excluding carboxylic acids is 1. The minimum atomic E-state index is -0.0759. The maximum absolute atomic E-state index is 13.1. The first-order valence-electron chi connectivity index (χ1n) is 10.2. The third-order valence-electron chi connectivity index (χ3n) is 5.31. The highest BCUT2D eigenvalue weighted by atomic mass is 32.2. The molecule has 1 aliphatic rings. The lowest BCUT2D eigenvalue weighted by atomic mass is 9.95. The van der Waals surface area contributed by atoms with Crippen molar-refractivity contribution in [3.63, 3.8) is 0 Å². The minimum Gasteiger partial charge on any atom is -0.497 e. The van der Waals surface area contributed by atoms with E-state index in [1.54, 1.807) is 11.7 Å². The van der Waals surface area contributed by atoms with E-state index in [1.807, 2.05) is 35.7 Å². The first kappa shape index (κ1) is 20.9. The average molecular weight is 444 g/mol. The van der Waals surface area contributed by atoms with Gasteiger partial charge in [0.05, 0.1) is 24.9 Å². The number of fused-ring (bicyclic) bond motifs is 1. The van der Waals surface area contributed by atoms with E-state index in [1.165, 1.54) is 42.4 Å². The van der Waals surface area contributed by atoms with Gasteiger partial charge in [-0.1, -0.05) is 43.2 Å². The molecular weight excluding hydrogens is 418 g/mol. The van der Waals surface area contributed by atoms with E-state index in [-0.39, 0.29) is 23.3 Å². The number of thiophene rings is 1. The van der Waals surface area contributed by atoms with Crippen LogP contribution in [0, 0.1) is 0 Å². The largest absolute Gasteiger partial charge is 0.497 e. The average Bonchev–Trinajstić information content (AvgIpc) is 3.24. The van der Waals surface area contributed by atoms with Gasteiger partial charge in [-0.3, -0.25) is 14.2 Å². The monoisotopic (exact) mass is 443 g/mol. The third kappa shape index (κ3) is 4.87. The summed E-state index contributed by atoms with van der Waals surface area (Å²) < 4.78 is 7.60. The Balaban J connectivity index is 1.55. The topological polar surface area (TPSA) is 73.2 Å². The molecule has 0 radical (unpaired) electrons. The molecule has 1 saturated carbocycles. The molecule has 30 heavy (non-hydrogen) atoms. The number of carbonyl (C=O) groups is 1. The van der Waals surface area contributed by atoms with Gasteiger partial charge in [0.15, 0.2) is 5.16 Å². The number of hydrogen-bond acceptors (Lipinski definition) is 6. The van der Waals surface area contributed by atoms with Crippen LogP contribution < -0.4 is 15.6 Å². The summed E-state index contributed by atoms with van der Waals surface area (Å²) in [7, 11) is 1.62. The van der Waals surface area contributed by atoms with E-state index in [4.69, 9.17) is 4.74 Å². The Kier molecular flexibility index (Phi) is 6.74. The summed E-state index contributed by atoms with van der Waals surface area (Å²) in [5.41, 5.74) is 1.55. The van der Waals surface area contributed by atoms with E-state index < -0.39 is 0 Å². The van der Waals surface area contributed by atoms with Crippen LogP contribution in [0.2, 0.25) is 0 Å². The van der Waals surface area contributed by atoms with Gasteiger partial charge < -0.3 is 10.1 Å². The molecule has 3 aromatic rings. The number of benzene rings is 1. The summed E-state index contributed by atoms with van der Waals surface area (Å²) in [6.07, 6.45) is 5.71. The molecule has 1 aliphatic carbocycles. The van der Waals surface area contributed by atoms with Crippen LogP contribution in [0.25, 0.3) is 10.2 Å². The Labute approximate surface area is 183 Å². The SMILES string of the molecule is COc1cccc(Cn2c(SCC(=O)NC3CCCCC3)nc3ccsc3c2=O)c1. The molecule has 1 fully saturated rings. The number of hydrogen-bond donors (Lipinski definition) is 1. The van der Waals surface area contributed by atoms with Gasteiger partial charge in [-0.15, -0.1) is 11.3 Å². The highest BCUT2D eigenvalue weighted by molar-refractivity contribution is 7.99. The van der Waals surface area contributed by atoms with Gasteiger partial charge in [0, 0.05) is 6.04 Å². The maximum Gasteiger partial charge on any atom is 0.272 e. The van der Waals surface area contributed by atoms with Crippen LogP contribution in [-0.2, 0) is 11.3 Å². The number of amides is 1. The van der Waals surface area contributed by atoms with Crippen molar-refractivity contribution in [2.45, 2.75) is 49.8 Å². The number of nitrogens with one attached hydrogen (secondary N) is 1. The van der Waals surface area contributed by atoms with E-state index >= 15 is 0 Å². The van der Waals surface area contributed by atoms with E-state index in [0.29, 0.717) is 21.9 Å². The molecule has 8 heteroatoms. The molecule has 1 N–H and O–H groups in total. The molecule has 1 aromatic carbocycles. The number of aromatic nitrogens is 2. The van der Waals surface area contributed by atoms with Gasteiger partial charge in [0.25, 0.3) is 5.56 Å². The zero-order valence-electron chi connectivity index (χ0n) is 16.9. The van der Waals surface area contributed by atoms with Crippen molar-refractivity contribution in [3.8, 4) is 5.75 Å². The van der Waals surface area contributed by atoms with Gasteiger partial charge in [0.2, 0.25) is 5.91 Å². The van der Waals surface area contributed by atoms with Crippen molar-refractivity contribution in [2.24, 2.45) is 0 Å². The van der Waals surface area contributed by atoms with Crippen LogP contribution >= 0.6 is 23.1 Å². The third-order valence-corrected chi connectivity index (χ3v) is 7.18. The number of thioether (sulfide) groups is 1. The molecule has 4 rings (SSSR count). The molecule has 158 valence electrons. The second-order valence-electron chi connectivity index (χ2n) is 7.46. The van der Waals surface area contributed by atoms with Crippen molar-refractivity contribution in [1.82, 2.24) is 14.9 Å². The van der Waals surface area contributed by atoms with E-state index in [2.05, 4.69) is 10.3 Å². The zero-order chi connectivity index (χ0) is 20.9. The second kappa shape index (κ2) is 9.66. The summed E-state index contributed by atoms with van der Waals surface area (Å²) >= 11 is 2.71. The van der Waals surface area contributed by atoms with Crippen molar-refractivity contribution >= 4 is 39.2 Å². The molecule has 0 aliphatic heterocycles. The normalized spacial score (nSPS) is 14.7. The second-order valence-corrected chi connectivity index (χ2v) is 9.32. The lowest BCUT2D eigenvalue weighted by Crippen LogP contribution is -2.37. The molecule has 1 amide bonds. The number of methoxy groups -OCH3 is 1. The summed E-state index contributed by atoms with van der Waals surface area (Å²) in [5, 5.41) is 5.57. The van der Waals surface area contributed by atoms with Crippen molar-refractivity contribution < 1.29 is 9.53 Å². The Morgan fingerprint density at radius 2 is 2.13 bits per heavy atom. The minimum absolute atomic E-state index is 0.000468. The van der Waals surface area contributed by atoms with Crippen LogP contribution in [0.15, 0.2) is 45.7 Å². The van der Waals surface area contributed by atoms with Gasteiger partial charge >= 0.3 is 0 Å². The van der Waals surface area contributed by atoms with Crippen LogP contribution in [-0.4, -0.2) is 34.4 Å². The Morgan fingerprint density at radius 3 is 2.93 bits per heavy atom. The quantitative estimate of drug-likeness (QED) is 0.440. The highest BCUT2D eigenvalue weighted by Gasteiger charge is 2.18. The van der Waals surface area contributed by atoms with E-state index in [0.717, 1.165) is 24.2 Å². The fraction of sp³-hybridized carbons (Fsp3) is 0.409. The molecule has 2 aromatic heterocycles. The molecule has 6 nitrogen and oxygen atoms in total. The maximum atomic E-state index is 13.1. The fourth-order valence-corrected chi connectivity index (χ4v) is 5.36. The Hall–Kier alpha value is -2.32. The van der Waals surface area contributed by atoms with Gasteiger partial charge in [-0.05, 0) is 42.0 Å². The lowest BCUT2D eigenvalue weighted by Gasteiger charge is -2.22. The predicted octanol–water partition coefficient (Wildman–Crippen LogP) is 4.06. The van der Waals surface area contributed by atoms with Crippen LogP contribution in [0.5, 0.6) is 5.75 Å². The van der Waals surface area contributed by atoms with Crippen molar-refractivity contribution in [1.29, 1.82) is 0 Å². The number of nitrogens with zero attached hydrogens (tertiary/aromatic N) is 2. The van der Waals surface area contributed by atoms with E-state index in [9.17, 15) is 9.59 Å². The first-order valence-corrected chi connectivity index (χ1v) is 12.0. The summed E-state index contributed by atoms with van der Waals surface area (Å²) in [6, 6.07) is 9.77. The molecule has 0 atom stereocenters. The van der Waals surface area contributed by atoms with Gasteiger partial charge in [0.1, 0.15) is 10.4 Å². The first-order chi connectivity index (χ1) is 14.6. The summed E-state index contributed by atoms with van der Waals surface area (Å²) in [4.78, 5) is 30.3. The molecular formula is C22H25N3O3S2.